The quantitative estimate of drug-likeness (QED) is 0.591. The summed E-state index contributed by atoms with van der Waals surface area (Å²) in [4.78, 5) is 11.6. The topological polar surface area (TPSA) is 64.3 Å². The summed E-state index contributed by atoms with van der Waals surface area (Å²) in [6.45, 7) is 2.78. The Morgan fingerprint density at radius 3 is 2.89 bits per heavy atom. The number of hydrogen-bond acceptors (Lipinski definition) is 3. The zero-order chi connectivity index (χ0) is 13.4. The van der Waals surface area contributed by atoms with Crippen molar-refractivity contribution < 1.29 is 9.53 Å². The van der Waals surface area contributed by atoms with E-state index in [4.69, 9.17) is 22.1 Å². The first-order valence-electron chi connectivity index (χ1n) is 6.06. The Balaban J connectivity index is 2.31. The van der Waals surface area contributed by atoms with Crippen LogP contribution in [0, 0.1) is 0 Å². The summed E-state index contributed by atoms with van der Waals surface area (Å²) in [5, 5.41) is 3.22. The van der Waals surface area contributed by atoms with Gasteiger partial charge in [-0.05, 0) is 24.6 Å². The number of nitrogen functional groups attached to an aromatic ring is 1. The van der Waals surface area contributed by atoms with Crippen LogP contribution in [0.4, 0.5) is 11.4 Å². The molecule has 18 heavy (non-hydrogen) atoms. The maximum atomic E-state index is 11.6. The highest BCUT2D eigenvalue weighted by atomic mass is 35.5. The highest BCUT2D eigenvalue weighted by Gasteiger charge is 2.05. The molecular weight excluding hydrogens is 252 g/mol. The Kier molecular flexibility index (Phi) is 6.54. The van der Waals surface area contributed by atoms with Crippen LogP contribution in [0.1, 0.15) is 26.2 Å². The summed E-state index contributed by atoms with van der Waals surface area (Å²) in [6.07, 6.45) is 3.23. The molecule has 1 aromatic carbocycles. The molecule has 0 saturated heterocycles. The Hall–Kier alpha value is -1.26. The number of rotatable bonds is 7. The fourth-order valence-electron chi connectivity index (χ4n) is 1.45. The van der Waals surface area contributed by atoms with Gasteiger partial charge in [0.2, 0.25) is 5.91 Å². The molecule has 1 rings (SSSR count). The Morgan fingerprint density at radius 1 is 1.44 bits per heavy atom. The van der Waals surface area contributed by atoms with Crippen LogP contribution >= 0.6 is 11.6 Å². The van der Waals surface area contributed by atoms with Crippen molar-refractivity contribution in [3.8, 4) is 0 Å². The lowest BCUT2D eigenvalue weighted by Gasteiger charge is -2.08. The molecule has 0 unspecified atom stereocenters. The second-order valence-corrected chi connectivity index (χ2v) is 4.48. The molecule has 1 amide bonds. The molecule has 0 heterocycles. The van der Waals surface area contributed by atoms with E-state index in [0.717, 1.165) is 19.3 Å². The second kappa shape index (κ2) is 7.95. The molecule has 0 bridgehead atoms. The molecule has 0 aromatic heterocycles. The van der Waals surface area contributed by atoms with Crippen LogP contribution < -0.4 is 11.1 Å². The number of nitrogens with two attached hydrogens (primary N) is 1. The van der Waals surface area contributed by atoms with Gasteiger partial charge in [0.1, 0.15) is 6.61 Å². The first-order valence-corrected chi connectivity index (χ1v) is 6.44. The van der Waals surface area contributed by atoms with E-state index in [1.165, 1.54) is 0 Å². The lowest BCUT2D eigenvalue weighted by atomic mass is 10.2. The number of carbonyl (C=O) groups is 1. The number of nitrogens with one attached hydrogen (secondary N) is 1. The maximum absolute atomic E-state index is 11.6. The molecule has 0 atom stereocenters. The van der Waals surface area contributed by atoms with Crippen LogP contribution in [0.5, 0.6) is 0 Å². The van der Waals surface area contributed by atoms with Crippen LogP contribution in [0.25, 0.3) is 0 Å². The zero-order valence-electron chi connectivity index (χ0n) is 10.5. The largest absolute Gasteiger partial charge is 0.397 e. The van der Waals surface area contributed by atoms with Gasteiger partial charge >= 0.3 is 0 Å². The highest BCUT2D eigenvalue weighted by molar-refractivity contribution is 6.31. The van der Waals surface area contributed by atoms with Crippen molar-refractivity contribution in [3.05, 3.63) is 23.2 Å². The standard InChI is InChI=1S/C13H19ClN2O2/c1-2-3-4-7-18-9-13(17)16-12-6-5-10(14)8-11(12)15/h5-6,8H,2-4,7,9,15H2,1H3,(H,16,17). The smallest absolute Gasteiger partial charge is 0.250 e. The van der Waals surface area contributed by atoms with E-state index in [9.17, 15) is 4.79 Å². The number of benzene rings is 1. The summed E-state index contributed by atoms with van der Waals surface area (Å²) >= 11 is 5.77. The summed E-state index contributed by atoms with van der Waals surface area (Å²) in [6, 6.07) is 4.95. The van der Waals surface area contributed by atoms with Crippen LogP contribution in [-0.4, -0.2) is 19.1 Å². The maximum Gasteiger partial charge on any atom is 0.250 e. The van der Waals surface area contributed by atoms with Gasteiger partial charge in [-0.2, -0.15) is 0 Å². The third-order valence-corrected chi connectivity index (χ3v) is 2.65. The first kappa shape index (κ1) is 14.8. The van der Waals surface area contributed by atoms with Crippen molar-refractivity contribution in [1.29, 1.82) is 0 Å². The van der Waals surface area contributed by atoms with Crippen molar-refractivity contribution in [2.75, 3.05) is 24.3 Å². The molecule has 0 spiro atoms. The molecule has 4 nitrogen and oxygen atoms in total. The molecule has 0 aliphatic heterocycles. The van der Waals surface area contributed by atoms with Crippen LogP contribution in [0.3, 0.4) is 0 Å². The molecule has 5 heteroatoms. The zero-order valence-corrected chi connectivity index (χ0v) is 11.3. The lowest BCUT2D eigenvalue weighted by molar-refractivity contribution is -0.120. The number of carbonyl (C=O) groups excluding carboxylic acids is 1. The van der Waals surface area contributed by atoms with E-state index in [0.29, 0.717) is 23.0 Å². The van der Waals surface area contributed by atoms with Gasteiger partial charge < -0.3 is 15.8 Å². The molecule has 1 aromatic rings. The van der Waals surface area contributed by atoms with Crippen LogP contribution in [0.15, 0.2) is 18.2 Å². The van der Waals surface area contributed by atoms with Gasteiger partial charge in [-0.15, -0.1) is 0 Å². The van der Waals surface area contributed by atoms with Gasteiger partial charge in [0.25, 0.3) is 0 Å². The molecule has 100 valence electrons. The van der Waals surface area contributed by atoms with Gasteiger partial charge in [0.15, 0.2) is 0 Å². The van der Waals surface area contributed by atoms with E-state index >= 15 is 0 Å². The van der Waals surface area contributed by atoms with Crippen molar-refractivity contribution in [1.82, 2.24) is 0 Å². The minimum absolute atomic E-state index is 0.0474. The highest BCUT2D eigenvalue weighted by Crippen LogP contribution is 2.22. The summed E-state index contributed by atoms with van der Waals surface area (Å²) in [5.74, 6) is -0.208. The normalized spacial score (nSPS) is 10.3. The molecule has 0 aliphatic carbocycles. The Bertz CT molecular complexity index is 397. The number of hydrogen-bond donors (Lipinski definition) is 2. The second-order valence-electron chi connectivity index (χ2n) is 4.04. The monoisotopic (exact) mass is 270 g/mol. The third-order valence-electron chi connectivity index (χ3n) is 2.41. The Labute approximate surface area is 112 Å². The van der Waals surface area contributed by atoms with Crippen molar-refractivity contribution in [3.63, 3.8) is 0 Å². The number of unbranched alkanes of at least 4 members (excludes halogenated alkanes) is 2. The molecular formula is C13H19ClN2O2. The summed E-state index contributed by atoms with van der Waals surface area (Å²) in [5.41, 5.74) is 6.73. The lowest BCUT2D eigenvalue weighted by Crippen LogP contribution is -2.19. The van der Waals surface area contributed by atoms with Gasteiger partial charge in [0.05, 0.1) is 11.4 Å². The predicted octanol–water partition coefficient (Wildman–Crippen LogP) is 3.07. The van der Waals surface area contributed by atoms with Crippen LogP contribution in [0.2, 0.25) is 5.02 Å². The summed E-state index contributed by atoms with van der Waals surface area (Å²) in [7, 11) is 0. The number of amides is 1. The van der Waals surface area contributed by atoms with Gasteiger partial charge in [-0.1, -0.05) is 31.4 Å². The number of ether oxygens (including phenoxy) is 1. The van der Waals surface area contributed by atoms with Crippen molar-refractivity contribution in [2.24, 2.45) is 0 Å². The minimum atomic E-state index is -0.208. The fraction of sp³-hybridized carbons (Fsp3) is 0.462. The minimum Gasteiger partial charge on any atom is -0.397 e. The van der Waals surface area contributed by atoms with Crippen molar-refractivity contribution >= 4 is 28.9 Å². The Morgan fingerprint density at radius 2 is 2.22 bits per heavy atom. The SMILES string of the molecule is CCCCCOCC(=O)Nc1ccc(Cl)cc1N. The molecule has 0 fully saturated rings. The van der Waals surface area contributed by atoms with Gasteiger partial charge in [-0.3, -0.25) is 4.79 Å². The van der Waals surface area contributed by atoms with Crippen LogP contribution in [-0.2, 0) is 9.53 Å². The first-order chi connectivity index (χ1) is 8.63. The van der Waals surface area contributed by atoms with E-state index in [2.05, 4.69) is 12.2 Å². The summed E-state index contributed by atoms with van der Waals surface area (Å²) < 4.78 is 5.25. The molecule has 0 radical (unpaired) electrons. The average Bonchev–Trinajstić information content (AvgIpc) is 2.32. The van der Waals surface area contributed by atoms with E-state index in [1.807, 2.05) is 0 Å². The molecule has 3 N–H and O–H groups in total. The fourth-order valence-corrected chi connectivity index (χ4v) is 1.63. The van der Waals surface area contributed by atoms with E-state index in [1.54, 1.807) is 18.2 Å². The van der Waals surface area contributed by atoms with E-state index in [-0.39, 0.29) is 12.5 Å². The molecule has 0 aliphatic rings. The number of halogens is 1. The van der Waals surface area contributed by atoms with Gasteiger partial charge in [0, 0.05) is 11.6 Å². The average molecular weight is 271 g/mol. The third kappa shape index (κ3) is 5.38. The van der Waals surface area contributed by atoms with Gasteiger partial charge in [-0.25, -0.2) is 0 Å². The number of anilines is 2. The van der Waals surface area contributed by atoms with E-state index < -0.39 is 0 Å². The predicted molar refractivity (Wildman–Crippen MR) is 74.8 cm³/mol. The molecule has 0 saturated carbocycles. The van der Waals surface area contributed by atoms with Crippen molar-refractivity contribution in [2.45, 2.75) is 26.2 Å².